The molecule has 1 rings (SSSR count). The van der Waals surface area contributed by atoms with Crippen molar-refractivity contribution in [3.8, 4) is 0 Å². The lowest BCUT2D eigenvalue weighted by Gasteiger charge is -2.17. The fraction of sp³-hybridized carbons (Fsp3) is 0.750. The van der Waals surface area contributed by atoms with E-state index in [-0.39, 0.29) is 17.5 Å². The number of carbonyl (C=O) groups is 2. The minimum Gasteiger partial charge on any atom is -0.300 e. The average Bonchev–Trinajstić information content (AvgIpc) is 1.88. The first kappa shape index (κ1) is 7.45. The summed E-state index contributed by atoms with van der Waals surface area (Å²) in [5.74, 6) is 0.473. The first-order chi connectivity index (χ1) is 4.70. The number of Topliss-reactive ketones (excluding diaryl/α,β-unsaturated/α-hetero) is 2. The van der Waals surface area contributed by atoms with Crippen LogP contribution in [-0.4, -0.2) is 11.6 Å². The van der Waals surface area contributed by atoms with E-state index in [0.29, 0.717) is 12.8 Å². The molecule has 1 fully saturated rings. The van der Waals surface area contributed by atoms with Crippen LogP contribution in [0, 0.1) is 5.92 Å². The van der Waals surface area contributed by atoms with Crippen molar-refractivity contribution in [1.82, 2.24) is 0 Å². The Hall–Kier alpha value is -0.660. The zero-order chi connectivity index (χ0) is 7.56. The van der Waals surface area contributed by atoms with Crippen LogP contribution in [0.25, 0.3) is 0 Å². The predicted molar refractivity (Wildman–Crippen MR) is 37.6 cm³/mol. The zero-order valence-electron chi connectivity index (χ0n) is 6.22. The second kappa shape index (κ2) is 2.95. The third kappa shape index (κ3) is 1.66. The number of rotatable bonds is 1. The molecule has 0 N–H and O–H groups in total. The molecule has 0 aromatic rings. The van der Waals surface area contributed by atoms with Gasteiger partial charge >= 0.3 is 0 Å². The van der Waals surface area contributed by atoms with Crippen molar-refractivity contribution in [3.05, 3.63) is 0 Å². The Balaban J connectivity index is 2.47. The van der Waals surface area contributed by atoms with E-state index in [1.807, 2.05) is 0 Å². The molecule has 1 atom stereocenters. The van der Waals surface area contributed by atoms with Gasteiger partial charge in [-0.15, -0.1) is 0 Å². The van der Waals surface area contributed by atoms with E-state index in [9.17, 15) is 9.59 Å². The Bertz CT molecular complexity index is 159. The van der Waals surface area contributed by atoms with Gasteiger partial charge in [0.25, 0.3) is 0 Å². The standard InChI is InChI=1S/C8H12O2/c1-6(9)7-3-2-4-8(10)5-7/h7H,2-5H2,1H3. The Morgan fingerprint density at radius 3 is 2.70 bits per heavy atom. The maximum absolute atomic E-state index is 10.8. The molecule has 1 unspecified atom stereocenters. The lowest BCUT2D eigenvalue weighted by Crippen LogP contribution is -2.20. The summed E-state index contributed by atoms with van der Waals surface area (Å²) < 4.78 is 0. The number of ketones is 2. The van der Waals surface area contributed by atoms with Crippen molar-refractivity contribution in [3.63, 3.8) is 0 Å². The fourth-order valence-corrected chi connectivity index (χ4v) is 1.37. The predicted octanol–water partition coefficient (Wildman–Crippen LogP) is 1.33. The van der Waals surface area contributed by atoms with Gasteiger partial charge in [-0.3, -0.25) is 9.59 Å². The third-order valence-electron chi connectivity index (χ3n) is 2.06. The topological polar surface area (TPSA) is 34.1 Å². The normalized spacial score (nSPS) is 26.5. The van der Waals surface area contributed by atoms with E-state index in [2.05, 4.69) is 0 Å². The summed E-state index contributed by atoms with van der Waals surface area (Å²) in [6.45, 7) is 1.57. The lowest BCUT2D eigenvalue weighted by molar-refractivity contribution is -0.128. The van der Waals surface area contributed by atoms with Gasteiger partial charge in [-0.1, -0.05) is 0 Å². The summed E-state index contributed by atoms with van der Waals surface area (Å²) in [6.07, 6.45) is 3.00. The molecule has 2 heteroatoms. The quantitative estimate of drug-likeness (QED) is 0.550. The Morgan fingerprint density at radius 2 is 2.30 bits per heavy atom. The highest BCUT2D eigenvalue weighted by molar-refractivity contribution is 5.87. The molecule has 0 spiro atoms. The highest BCUT2D eigenvalue weighted by Gasteiger charge is 2.22. The van der Waals surface area contributed by atoms with Crippen LogP contribution < -0.4 is 0 Å². The van der Waals surface area contributed by atoms with Crippen molar-refractivity contribution in [2.45, 2.75) is 32.6 Å². The molecule has 56 valence electrons. The zero-order valence-corrected chi connectivity index (χ0v) is 6.22. The van der Waals surface area contributed by atoms with E-state index < -0.39 is 0 Å². The summed E-state index contributed by atoms with van der Waals surface area (Å²) in [5, 5.41) is 0. The number of hydrogen-bond donors (Lipinski definition) is 0. The van der Waals surface area contributed by atoms with Crippen molar-refractivity contribution >= 4 is 11.6 Å². The second-order valence-electron chi connectivity index (χ2n) is 2.94. The first-order valence-electron chi connectivity index (χ1n) is 3.72. The lowest BCUT2D eigenvalue weighted by atomic mass is 9.86. The summed E-state index contributed by atoms with van der Waals surface area (Å²) in [7, 11) is 0. The summed E-state index contributed by atoms with van der Waals surface area (Å²) in [5.41, 5.74) is 0. The molecule has 1 aliphatic rings. The fourth-order valence-electron chi connectivity index (χ4n) is 1.37. The van der Waals surface area contributed by atoms with Gasteiger partial charge in [-0.05, 0) is 19.8 Å². The highest BCUT2D eigenvalue weighted by Crippen LogP contribution is 2.21. The van der Waals surface area contributed by atoms with E-state index >= 15 is 0 Å². The van der Waals surface area contributed by atoms with Crippen LogP contribution in [-0.2, 0) is 9.59 Å². The molecule has 10 heavy (non-hydrogen) atoms. The molecule has 0 aliphatic heterocycles. The van der Waals surface area contributed by atoms with Crippen molar-refractivity contribution in [1.29, 1.82) is 0 Å². The van der Waals surface area contributed by atoms with Crippen molar-refractivity contribution < 1.29 is 9.59 Å². The smallest absolute Gasteiger partial charge is 0.133 e. The van der Waals surface area contributed by atoms with E-state index in [4.69, 9.17) is 0 Å². The summed E-state index contributed by atoms with van der Waals surface area (Å²) >= 11 is 0. The number of hydrogen-bond acceptors (Lipinski definition) is 2. The van der Waals surface area contributed by atoms with Gasteiger partial charge < -0.3 is 0 Å². The largest absolute Gasteiger partial charge is 0.300 e. The molecule has 1 aliphatic carbocycles. The van der Waals surface area contributed by atoms with Crippen LogP contribution in [0.3, 0.4) is 0 Å². The molecule has 0 amide bonds. The molecule has 1 saturated carbocycles. The van der Waals surface area contributed by atoms with Crippen LogP contribution >= 0.6 is 0 Å². The first-order valence-corrected chi connectivity index (χ1v) is 3.72. The van der Waals surface area contributed by atoms with Gasteiger partial charge in [0, 0.05) is 18.8 Å². The minimum atomic E-state index is 0.0428. The Labute approximate surface area is 60.6 Å². The molecule has 0 radical (unpaired) electrons. The third-order valence-corrected chi connectivity index (χ3v) is 2.06. The maximum Gasteiger partial charge on any atom is 0.133 e. The van der Waals surface area contributed by atoms with Gasteiger partial charge in [0.05, 0.1) is 0 Å². The number of carbonyl (C=O) groups excluding carboxylic acids is 2. The van der Waals surface area contributed by atoms with Gasteiger partial charge in [0.2, 0.25) is 0 Å². The summed E-state index contributed by atoms with van der Waals surface area (Å²) in [6, 6.07) is 0. The molecule has 0 heterocycles. The molecular formula is C8H12O2. The summed E-state index contributed by atoms with van der Waals surface area (Å²) in [4.78, 5) is 21.6. The molecule has 0 aromatic carbocycles. The van der Waals surface area contributed by atoms with Crippen LogP contribution in [0.2, 0.25) is 0 Å². The SMILES string of the molecule is CC(=O)C1CCCC(=O)C1. The van der Waals surface area contributed by atoms with Crippen molar-refractivity contribution in [2.75, 3.05) is 0 Å². The van der Waals surface area contributed by atoms with E-state index in [1.165, 1.54) is 0 Å². The van der Waals surface area contributed by atoms with Gasteiger partial charge in [0.15, 0.2) is 0 Å². The molecule has 0 saturated heterocycles. The van der Waals surface area contributed by atoms with Crippen molar-refractivity contribution in [2.24, 2.45) is 5.92 Å². The Morgan fingerprint density at radius 1 is 1.60 bits per heavy atom. The Kier molecular flexibility index (Phi) is 2.20. The maximum atomic E-state index is 10.8. The second-order valence-corrected chi connectivity index (χ2v) is 2.94. The van der Waals surface area contributed by atoms with Gasteiger partial charge in [0.1, 0.15) is 11.6 Å². The minimum absolute atomic E-state index is 0.0428. The van der Waals surface area contributed by atoms with Gasteiger partial charge in [-0.2, -0.15) is 0 Å². The van der Waals surface area contributed by atoms with E-state index in [0.717, 1.165) is 12.8 Å². The highest BCUT2D eigenvalue weighted by atomic mass is 16.1. The average molecular weight is 140 g/mol. The molecule has 2 nitrogen and oxygen atoms in total. The van der Waals surface area contributed by atoms with E-state index in [1.54, 1.807) is 6.92 Å². The molecular weight excluding hydrogens is 128 g/mol. The van der Waals surface area contributed by atoms with Crippen LogP contribution in [0.15, 0.2) is 0 Å². The van der Waals surface area contributed by atoms with Crippen LogP contribution in [0.5, 0.6) is 0 Å². The van der Waals surface area contributed by atoms with Crippen LogP contribution in [0.4, 0.5) is 0 Å². The van der Waals surface area contributed by atoms with Crippen LogP contribution in [0.1, 0.15) is 32.6 Å². The van der Waals surface area contributed by atoms with Gasteiger partial charge in [-0.25, -0.2) is 0 Å². The monoisotopic (exact) mass is 140 g/mol. The molecule has 0 aromatic heterocycles. The molecule has 0 bridgehead atoms.